The third-order valence-electron chi connectivity index (χ3n) is 3.08. The first-order valence-electron chi connectivity index (χ1n) is 7.86. The summed E-state index contributed by atoms with van der Waals surface area (Å²) >= 11 is 0. The maximum atomic E-state index is 11.9. The Bertz CT molecular complexity index is 485. The van der Waals surface area contributed by atoms with Gasteiger partial charge in [0.05, 0.1) is 13.2 Å². The largest absolute Gasteiger partial charge is 0.461 e. The Kier molecular flexibility index (Phi) is 8.18. The maximum absolute atomic E-state index is 11.9. The summed E-state index contributed by atoms with van der Waals surface area (Å²) in [6.07, 6.45) is 3.71. The summed E-state index contributed by atoms with van der Waals surface area (Å²) in [7, 11) is 0. The Morgan fingerprint density at radius 2 is 1.64 bits per heavy atom. The minimum absolute atomic E-state index is 0.131. The summed E-state index contributed by atoms with van der Waals surface area (Å²) in [5.74, 6) is -0.556. The third-order valence-corrected chi connectivity index (χ3v) is 3.08. The van der Waals surface area contributed by atoms with E-state index in [-0.39, 0.29) is 11.4 Å². The number of aromatic nitrogens is 1. The SMILES string of the molecule is CCCCCOC(=O)c1cccc(C(=O)OCCC(C)C)n1. The van der Waals surface area contributed by atoms with Gasteiger partial charge in [-0.25, -0.2) is 14.6 Å². The summed E-state index contributed by atoms with van der Waals surface area (Å²) in [4.78, 5) is 27.7. The van der Waals surface area contributed by atoms with E-state index in [1.165, 1.54) is 12.1 Å². The zero-order valence-corrected chi connectivity index (χ0v) is 13.6. The van der Waals surface area contributed by atoms with Crippen LogP contribution in [0.2, 0.25) is 0 Å². The van der Waals surface area contributed by atoms with E-state index in [2.05, 4.69) is 25.8 Å². The van der Waals surface area contributed by atoms with Crippen molar-refractivity contribution in [2.24, 2.45) is 5.92 Å². The lowest BCUT2D eigenvalue weighted by Gasteiger charge is -2.07. The van der Waals surface area contributed by atoms with Crippen LogP contribution in [0, 0.1) is 5.92 Å². The van der Waals surface area contributed by atoms with Crippen molar-refractivity contribution in [3.63, 3.8) is 0 Å². The molecule has 0 bridgehead atoms. The summed E-state index contributed by atoms with van der Waals surface area (Å²) in [6, 6.07) is 4.67. The molecular weight excluding hydrogens is 282 g/mol. The molecule has 0 saturated heterocycles. The van der Waals surface area contributed by atoms with Crippen LogP contribution in [0.5, 0.6) is 0 Å². The molecule has 0 spiro atoms. The Balaban J connectivity index is 2.53. The smallest absolute Gasteiger partial charge is 0.356 e. The van der Waals surface area contributed by atoms with E-state index in [0.717, 1.165) is 25.7 Å². The lowest BCUT2D eigenvalue weighted by molar-refractivity contribution is 0.0476. The van der Waals surface area contributed by atoms with Gasteiger partial charge in [-0.3, -0.25) is 0 Å². The second-order valence-corrected chi connectivity index (χ2v) is 5.57. The van der Waals surface area contributed by atoms with Crippen LogP contribution >= 0.6 is 0 Å². The fourth-order valence-corrected chi connectivity index (χ4v) is 1.71. The van der Waals surface area contributed by atoms with E-state index in [1.54, 1.807) is 6.07 Å². The van der Waals surface area contributed by atoms with Crippen molar-refractivity contribution >= 4 is 11.9 Å². The number of ether oxygens (including phenoxy) is 2. The van der Waals surface area contributed by atoms with Crippen molar-refractivity contribution in [3.05, 3.63) is 29.6 Å². The van der Waals surface area contributed by atoms with Gasteiger partial charge in [0.25, 0.3) is 0 Å². The van der Waals surface area contributed by atoms with E-state index in [1.807, 2.05) is 0 Å². The molecule has 0 aromatic carbocycles. The van der Waals surface area contributed by atoms with Crippen LogP contribution in [0.3, 0.4) is 0 Å². The fourth-order valence-electron chi connectivity index (χ4n) is 1.71. The molecule has 0 unspecified atom stereocenters. The van der Waals surface area contributed by atoms with E-state index in [4.69, 9.17) is 9.47 Å². The van der Waals surface area contributed by atoms with Gasteiger partial charge in [0.1, 0.15) is 11.4 Å². The molecule has 1 rings (SSSR count). The molecule has 5 nitrogen and oxygen atoms in total. The van der Waals surface area contributed by atoms with E-state index in [9.17, 15) is 9.59 Å². The number of unbranched alkanes of at least 4 members (excludes halogenated alkanes) is 2. The molecule has 22 heavy (non-hydrogen) atoms. The highest BCUT2D eigenvalue weighted by Gasteiger charge is 2.14. The van der Waals surface area contributed by atoms with Crippen LogP contribution in [-0.2, 0) is 9.47 Å². The second-order valence-electron chi connectivity index (χ2n) is 5.57. The molecule has 0 fully saturated rings. The summed E-state index contributed by atoms with van der Waals surface area (Å²) < 4.78 is 10.3. The highest BCUT2D eigenvalue weighted by molar-refractivity contribution is 5.91. The number of carbonyl (C=O) groups excluding carboxylic acids is 2. The van der Waals surface area contributed by atoms with Crippen molar-refractivity contribution < 1.29 is 19.1 Å². The standard InChI is InChI=1S/C17H25NO4/c1-4-5-6-11-21-16(19)14-8-7-9-15(18-14)17(20)22-12-10-13(2)3/h7-9,13H,4-6,10-12H2,1-3H3. The zero-order chi connectivity index (χ0) is 16.4. The normalized spacial score (nSPS) is 10.5. The Hall–Kier alpha value is -1.91. The van der Waals surface area contributed by atoms with Gasteiger partial charge in [0.15, 0.2) is 0 Å². The Morgan fingerprint density at radius 1 is 1.05 bits per heavy atom. The van der Waals surface area contributed by atoms with Crippen LogP contribution < -0.4 is 0 Å². The quantitative estimate of drug-likeness (QED) is 0.515. The molecule has 5 heteroatoms. The lowest BCUT2D eigenvalue weighted by Crippen LogP contribution is -2.14. The molecule has 0 N–H and O–H groups in total. The van der Waals surface area contributed by atoms with E-state index >= 15 is 0 Å². The highest BCUT2D eigenvalue weighted by Crippen LogP contribution is 2.06. The van der Waals surface area contributed by atoms with Gasteiger partial charge in [0.2, 0.25) is 0 Å². The Morgan fingerprint density at radius 3 is 2.18 bits per heavy atom. The first kappa shape index (κ1) is 18.1. The number of carbonyl (C=O) groups is 2. The van der Waals surface area contributed by atoms with Crippen molar-refractivity contribution in [1.29, 1.82) is 0 Å². The number of rotatable bonds is 9. The number of hydrogen-bond donors (Lipinski definition) is 0. The van der Waals surface area contributed by atoms with Gasteiger partial charge >= 0.3 is 11.9 Å². The fraction of sp³-hybridized carbons (Fsp3) is 0.588. The average molecular weight is 307 g/mol. The van der Waals surface area contributed by atoms with Crippen LogP contribution in [0.15, 0.2) is 18.2 Å². The minimum Gasteiger partial charge on any atom is -0.461 e. The predicted octanol–water partition coefficient (Wildman–Crippen LogP) is 3.63. The average Bonchev–Trinajstić information content (AvgIpc) is 2.51. The molecule has 1 heterocycles. The molecule has 1 aromatic rings. The zero-order valence-electron chi connectivity index (χ0n) is 13.6. The molecule has 0 aliphatic rings. The molecule has 122 valence electrons. The lowest BCUT2D eigenvalue weighted by atomic mass is 10.1. The van der Waals surface area contributed by atoms with Gasteiger partial charge < -0.3 is 9.47 Å². The van der Waals surface area contributed by atoms with Gasteiger partial charge in [0, 0.05) is 0 Å². The van der Waals surface area contributed by atoms with Crippen molar-refractivity contribution in [3.8, 4) is 0 Å². The topological polar surface area (TPSA) is 65.5 Å². The van der Waals surface area contributed by atoms with Crippen molar-refractivity contribution in [1.82, 2.24) is 4.98 Å². The van der Waals surface area contributed by atoms with Gasteiger partial charge in [-0.15, -0.1) is 0 Å². The van der Waals surface area contributed by atoms with E-state index in [0.29, 0.717) is 19.1 Å². The monoisotopic (exact) mass is 307 g/mol. The number of pyridine rings is 1. The van der Waals surface area contributed by atoms with Gasteiger partial charge in [-0.05, 0) is 30.9 Å². The Labute approximate surface area is 132 Å². The third kappa shape index (κ3) is 6.70. The molecule has 0 atom stereocenters. The van der Waals surface area contributed by atoms with Crippen molar-refractivity contribution in [2.75, 3.05) is 13.2 Å². The molecule has 0 aliphatic heterocycles. The van der Waals surface area contributed by atoms with Crippen LogP contribution in [0.25, 0.3) is 0 Å². The van der Waals surface area contributed by atoms with Crippen LogP contribution in [0.1, 0.15) is 67.4 Å². The molecule has 0 radical (unpaired) electrons. The van der Waals surface area contributed by atoms with Gasteiger partial charge in [-0.1, -0.05) is 39.7 Å². The number of esters is 2. The van der Waals surface area contributed by atoms with Crippen molar-refractivity contribution in [2.45, 2.75) is 46.5 Å². The molecule has 0 amide bonds. The second kappa shape index (κ2) is 9.92. The van der Waals surface area contributed by atoms with Crippen LogP contribution in [-0.4, -0.2) is 30.1 Å². The van der Waals surface area contributed by atoms with Crippen LogP contribution in [0.4, 0.5) is 0 Å². The molecule has 1 aromatic heterocycles. The first-order valence-corrected chi connectivity index (χ1v) is 7.86. The molecule has 0 saturated carbocycles. The van der Waals surface area contributed by atoms with E-state index < -0.39 is 11.9 Å². The summed E-state index contributed by atoms with van der Waals surface area (Å²) in [6.45, 7) is 6.92. The number of hydrogen-bond acceptors (Lipinski definition) is 5. The predicted molar refractivity (Wildman–Crippen MR) is 83.8 cm³/mol. The highest BCUT2D eigenvalue weighted by atomic mass is 16.5. The minimum atomic E-state index is -0.513. The summed E-state index contributed by atoms with van der Waals surface area (Å²) in [5, 5.41) is 0. The summed E-state index contributed by atoms with van der Waals surface area (Å²) in [5.41, 5.74) is 0.265. The molecular formula is C17H25NO4. The number of nitrogens with zero attached hydrogens (tertiary/aromatic N) is 1. The maximum Gasteiger partial charge on any atom is 0.356 e. The van der Waals surface area contributed by atoms with Gasteiger partial charge in [-0.2, -0.15) is 0 Å². The molecule has 0 aliphatic carbocycles. The first-order chi connectivity index (χ1) is 10.5.